The maximum Gasteiger partial charge on any atom is 0.314 e. The Balaban J connectivity index is 2.48. The third-order valence-electron chi connectivity index (χ3n) is 3.32. The Morgan fingerprint density at radius 2 is 1.94 bits per heavy atom. The number of benzene rings is 1. The van der Waals surface area contributed by atoms with Crippen molar-refractivity contribution in [3.05, 3.63) is 29.8 Å². The number of sulfonamides is 1. The fourth-order valence-electron chi connectivity index (χ4n) is 1.92. The van der Waals surface area contributed by atoms with E-state index in [4.69, 9.17) is 0 Å². The number of rotatable bonds is 4. The van der Waals surface area contributed by atoms with Gasteiger partial charge in [-0.3, -0.25) is 4.79 Å². The highest BCUT2D eigenvalue weighted by Crippen LogP contribution is 2.48. The number of carboxylic acid groups (broad SMARTS) is 1. The lowest BCUT2D eigenvalue weighted by molar-refractivity contribution is -0.140. The van der Waals surface area contributed by atoms with Gasteiger partial charge in [-0.1, -0.05) is 12.1 Å². The van der Waals surface area contributed by atoms with E-state index < -0.39 is 21.4 Å². The van der Waals surface area contributed by atoms with E-state index in [9.17, 15) is 18.3 Å². The number of carboxylic acids is 1. The second-order valence-electron chi connectivity index (χ2n) is 4.70. The predicted molar refractivity (Wildman–Crippen MR) is 65.9 cm³/mol. The molecular formula is C12H15NO4S. The fraction of sp³-hybridized carbons (Fsp3) is 0.417. The van der Waals surface area contributed by atoms with Crippen molar-refractivity contribution >= 4 is 16.0 Å². The molecule has 1 aromatic rings. The molecule has 98 valence electrons. The molecule has 0 bridgehead atoms. The van der Waals surface area contributed by atoms with E-state index in [1.54, 1.807) is 12.1 Å². The standard InChI is InChI=1S/C12H15NO4S/c1-13(2)18(16,17)10-5-3-4-9(8-10)12(6-7-12)11(14)15/h3-5,8H,6-7H2,1-2H3,(H,14,15). The highest BCUT2D eigenvalue weighted by molar-refractivity contribution is 7.89. The molecule has 0 aromatic heterocycles. The molecule has 0 spiro atoms. The molecule has 1 fully saturated rings. The first kappa shape index (κ1) is 13.0. The van der Waals surface area contributed by atoms with Crippen LogP contribution in [0.2, 0.25) is 0 Å². The second-order valence-corrected chi connectivity index (χ2v) is 6.85. The van der Waals surface area contributed by atoms with E-state index in [1.807, 2.05) is 0 Å². The molecule has 1 aromatic carbocycles. The Labute approximate surface area is 106 Å². The van der Waals surface area contributed by atoms with Gasteiger partial charge in [0.15, 0.2) is 0 Å². The van der Waals surface area contributed by atoms with Crippen LogP contribution in [-0.2, 0) is 20.2 Å². The zero-order chi connectivity index (χ0) is 13.6. The molecule has 0 amide bonds. The van der Waals surface area contributed by atoms with Crippen molar-refractivity contribution in [2.24, 2.45) is 0 Å². The molecule has 0 saturated heterocycles. The number of hydrogen-bond donors (Lipinski definition) is 1. The topological polar surface area (TPSA) is 74.7 Å². The van der Waals surface area contributed by atoms with Crippen molar-refractivity contribution in [2.75, 3.05) is 14.1 Å². The first-order valence-electron chi connectivity index (χ1n) is 5.57. The summed E-state index contributed by atoms with van der Waals surface area (Å²) in [6, 6.07) is 6.22. The molecule has 1 N–H and O–H groups in total. The van der Waals surface area contributed by atoms with Gasteiger partial charge in [-0.25, -0.2) is 12.7 Å². The van der Waals surface area contributed by atoms with Crippen molar-refractivity contribution in [3.8, 4) is 0 Å². The van der Waals surface area contributed by atoms with Gasteiger partial charge in [0, 0.05) is 14.1 Å². The number of hydrogen-bond acceptors (Lipinski definition) is 3. The van der Waals surface area contributed by atoms with Gasteiger partial charge in [0.2, 0.25) is 10.0 Å². The Morgan fingerprint density at radius 1 is 1.33 bits per heavy atom. The Bertz CT molecular complexity index is 588. The molecule has 1 saturated carbocycles. The molecule has 0 radical (unpaired) electrons. The van der Waals surface area contributed by atoms with Crippen LogP contribution in [0.4, 0.5) is 0 Å². The van der Waals surface area contributed by atoms with E-state index in [1.165, 1.54) is 26.2 Å². The van der Waals surface area contributed by atoms with Gasteiger partial charge in [-0.15, -0.1) is 0 Å². The summed E-state index contributed by atoms with van der Waals surface area (Å²) in [4.78, 5) is 11.4. The van der Waals surface area contributed by atoms with Crippen LogP contribution in [0, 0.1) is 0 Å². The van der Waals surface area contributed by atoms with E-state index in [2.05, 4.69) is 0 Å². The lowest BCUT2D eigenvalue weighted by Crippen LogP contribution is -2.24. The van der Waals surface area contributed by atoms with Gasteiger partial charge in [0.1, 0.15) is 0 Å². The first-order valence-corrected chi connectivity index (χ1v) is 7.01. The molecular weight excluding hydrogens is 254 g/mol. The van der Waals surface area contributed by atoms with Crippen LogP contribution in [0.25, 0.3) is 0 Å². The third kappa shape index (κ3) is 1.91. The molecule has 18 heavy (non-hydrogen) atoms. The minimum absolute atomic E-state index is 0.137. The maximum atomic E-state index is 12.0. The summed E-state index contributed by atoms with van der Waals surface area (Å²) in [6.45, 7) is 0. The summed E-state index contributed by atoms with van der Waals surface area (Å²) in [5, 5.41) is 9.20. The molecule has 1 aliphatic carbocycles. The van der Waals surface area contributed by atoms with Gasteiger partial charge < -0.3 is 5.11 Å². The summed E-state index contributed by atoms with van der Waals surface area (Å²) in [7, 11) is -0.616. The summed E-state index contributed by atoms with van der Waals surface area (Å²) in [5.41, 5.74) is -0.310. The van der Waals surface area contributed by atoms with Crippen LogP contribution in [0.1, 0.15) is 18.4 Å². The van der Waals surface area contributed by atoms with Crippen molar-refractivity contribution in [2.45, 2.75) is 23.2 Å². The summed E-state index contributed by atoms with van der Waals surface area (Å²) < 4.78 is 25.1. The van der Waals surface area contributed by atoms with E-state index in [0.717, 1.165) is 4.31 Å². The minimum atomic E-state index is -3.52. The highest BCUT2D eigenvalue weighted by atomic mass is 32.2. The Morgan fingerprint density at radius 3 is 2.39 bits per heavy atom. The molecule has 5 nitrogen and oxygen atoms in total. The van der Waals surface area contributed by atoms with E-state index in [0.29, 0.717) is 18.4 Å². The minimum Gasteiger partial charge on any atom is -0.481 e. The molecule has 6 heteroatoms. The Hall–Kier alpha value is -1.40. The van der Waals surface area contributed by atoms with Gasteiger partial charge >= 0.3 is 5.97 Å². The van der Waals surface area contributed by atoms with Crippen molar-refractivity contribution < 1.29 is 18.3 Å². The monoisotopic (exact) mass is 269 g/mol. The lowest BCUT2D eigenvalue weighted by Gasteiger charge is -2.14. The summed E-state index contributed by atoms with van der Waals surface area (Å²) >= 11 is 0. The lowest BCUT2D eigenvalue weighted by atomic mass is 9.96. The van der Waals surface area contributed by atoms with Crippen LogP contribution < -0.4 is 0 Å². The smallest absolute Gasteiger partial charge is 0.314 e. The predicted octanol–water partition coefficient (Wildman–Crippen LogP) is 1.05. The average molecular weight is 269 g/mol. The highest BCUT2D eigenvalue weighted by Gasteiger charge is 2.51. The van der Waals surface area contributed by atoms with Crippen molar-refractivity contribution in [1.82, 2.24) is 4.31 Å². The third-order valence-corrected chi connectivity index (χ3v) is 5.14. The van der Waals surface area contributed by atoms with Gasteiger partial charge in [0.05, 0.1) is 10.3 Å². The van der Waals surface area contributed by atoms with Gasteiger partial charge in [-0.05, 0) is 30.5 Å². The number of carbonyl (C=O) groups is 1. The molecule has 0 heterocycles. The van der Waals surface area contributed by atoms with Crippen LogP contribution in [0.5, 0.6) is 0 Å². The molecule has 0 aliphatic heterocycles. The first-order chi connectivity index (χ1) is 8.30. The maximum absolute atomic E-state index is 12.0. The van der Waals surface area contributed by atoms with Gasteiger partial charge in [-0.2, -0.15) is 0 Å². The quantitative estimate of drug-likeness (QED) is 0.886. The van der Waals surface area contributed by atoms with E-state index in [-0.39, 0.29) is 4.90 Å². The van der Waals surface area contributed by atoms with Crippen LogP contribution in [-0.4, -0.2) is 37.9 Å². The van der Waals surface area contributed by atoms with Gasteiger partial charge in [0.25, 0.3) is 0 Å². The normalized spacial score (nSPS) is 17.7. The zero-order valence-corrected chi connectivity index (χ0v) is 11.1. The fourth-order valence-corrected chi connectivity index (χ4v) is 2.86. The summed E-state index contributed by atoms with van der Waals surface area (Å²) in [5.74, 6) is -0.887. The number of nitrogens with zero attached hydrogens (tertiary/aromatic N) is 1. The molecule has 2 rings (SSSR count). The zero-order valence-electron chi connectivity index (χ0n) is 10.3. The number of aliphatic carboxylic acids is 1. The van der Waals surface area contributed by atoms with Crippen LogP contribution >= 0.6 is 0 Å². The second kappa shape index (κ2) is 4.07. The largest absolute Gasteiger partial charge is 0.481 e. The molecule has 0 unspecified atom stereocenters. The SMILES string of the molecule is CN(C)S(=O)(=O)c1cccc(C2(C(=O)O)CC2)c1. The van der Waals surface area contributed by atoms with Crippen LogP contribution in [0.15, 0.2) is 29.2 Å². The van der Waals surface area contributed by atoms with Crippen LogP contribution in [0.3, 0.4) is 0 Å². The molecule has 0 atom stereocenters. The molecule has 1 aliphatic rings. The summed E-state index contributed by atoms with van der Waals surface area (Å²) in [6.07, 6.45) is 1.13. The van der Waals surface area contributed by atoms with Crippen molar-refractivity contribution in [3.63, 3.8) is 0 Å². The van der Waals surface area contributed by atoms with Crippen molar-refractivity contribution in [1.29, 1.82) is 0 Å². The average Bonchev–Trinajstić information content (AvgIpc) is 3.10. The Kier molecular flexibility index (Phi) is 2.95. The van der Waals surface area contributed by atoms with E-state index >= 15 is 0 Å².